The number of H-pyrrole nitrogens is 1. The van der Waals surface area contributed by atoms with Gasteiger partial charge in [0.05, 0.1) is 23.6 Å². The van der Waals surface area contributed by atoms with Crippen LogP contribution in [0.4, 0.5) is 0 Å². The molecule has 2 aliphatic heterocycles. The Bertz CT molecular complexity index is 1090. The fraction of sp³-hybridized carbons (Fsp3) is 0.227. The van der Waals surface area contributed by atoms with Gasteiger partial charge < -0.3 is 19.6 Å². The van der Waals surface area contributed by atoms with E-state index in [1.807, 2.05) is 54.6 Å². The zero-order chi connectivity index (χ0) is 20.3. The molecule has 2 N–H and O–H groups in total. The number of ether oxygens (including phenoxy) is 2. The van der Waals surface area contributed by atoms with Gasteiger partial charge in [0.2, 0.25) is 12.9 Å². The smallest absolute Gasteiger partial charge is 0.264 e. The van der Waals surface area contributed by atoms with Crippen LogP contribution in [0, 0.1) is 0 Å². The Morgan fingerprint density at radius 2 is 1.97 bits per heavy atom. The number of aromatic amines is 1. The second-order valence-corrected chi connectivity index (χ2v) is 7.18. The maximum atomic E-state index is 12.5. The molecule has 0 unspecified atom stereocenters. The van der Waals surface area contributed by atoms with E-state index in [-0.39, 0.29) is 12.7 Å². The topological polar surface area (TPSA) is 97.8 Å². The van der Waals surface area contributed by atoms with Gasteiger partial charge in [0.25, 0.3) is 5.91 Å². The minimum Gasteiger partial charge on any atom is -0.454 e. The summed E-state index contributed by atoms with van der Waals surface area (Å²) < 4.78 is 10.7. The molecule has 152 valence electrons. The summed E-state index contributed by atoms with van der Waals surface area (Å²) in [5.41, 5.74) is 4.54. The van der Waals surface area contributed by atoms with E-state index in [1.165, 1.54) is 0 Å². The number of hydrogen-bond acceptors (Lipinski definition) is 6. The van der Waals surface area contributed by atoms with E-state index in [9.17, 15) is 4.79 Å². The van der Waals surface area contributed by atoms with E-state index in [1.54, 1.807) is 0 Å². The molecule has 1 amide bonds. The minimum atomic E-state index is -0.620. The van der Waals surface area contributed by atoms with Crippen LogP contribution in [0.3, 0.4) is 0 Å². The highest BCUT2D eigenvalue weighted by atomic mass is 16.7. The SMILES string of the molecule is O=C(NCc1cc(-c2ccccc2)n[nH]1)[C@H]1CC(Cc2ccc3c(c2)OCO3)=NO1. The van der Waals surface area contributed by atoms with Gasteiger partial charge in [-0.2, -0.15) is 5.10 Å². The largest absolute Gasteiger partial charge is 0.454 e. The van der Waals surface area contributed by atoms with Crippen LogP contribution in [-0.4, -0.2) is 34.7 Å². The number of rotatable bonds is 6. The van der Waals surface area contributed by atoms with Crippen LogP contribution in [0.25, 0.3) is 11.3 Å². The lowest BCUT2D eigenvalue weighted by molar-refractivity contribution is -0.131. The zero-order valence-corrected chi connectivity index (χ0v) is 16.1. The summed E-state index contributed by atoms with van der Waals surface area (Å²) >= 11 is 0. The van der Waals surface area contributed by atoms with Crippen molar-refractivity contribution in [3.63, 3.8) is 0 Å². The quantitative estimate of drug-likeness (QED) is 0.658. The molecule has 2 aliphatic rings. The number of benzene rings is 2. The van der Waals surface area contributed by atoms with E-state index in [4.69, 9.17) is 14.3 Å². The molecule has 1 aromatic heterocycles. The second kappa shape index (κ2) is 7.90. The summed E-state index contributed by atoms with van der Waals surface area (Å²) in [5, 5.41) is 14.2. The minimum absolute atomic E-state index is 0.199. The van der Waals surface area contributed by atoms with Crippen molar-refractivity contribution in [3.05, 3.63) is 65.9 Å². The predicted octanol–water partition coefficient (Wildman–Crippen LogP) is 2.81. The van der Waals surface area contributed by atoms with Crippen molar-refractivity contribution in [1.29, 1.82) is 0 Å². The first-order valence-electron chi connectivity index (χ1n) is 9.72. The van der Waals surface area contributed by atoms with Crippen molar-refractivity contribution in [2.45, 2.75) is 25.5 Å². The molecule has 3 aromatic rings. The number of fused-ring (bicyclic) bond motifs is 1. The number of nitrogens with zero attached hydrogens (tertiary/aromatic N) is 2. The van der Waals surface area contributed by atoms with Crippen LogP contribution in [0.1, 0.15) is 17.7 Å². The summed E-state index contributed by atoms with van der Waals surface area (Å²) in [6.07, 6.45) is 0.436. The molecule has 3 heterocycles. The Morgan fingerprint density at radius 3 is 2.87 bits per heavy atom. The molecule has 8 nitrogen and oxygen atoms in total. The Morgan fingerprint density at radius 1 is 1.10 bits per heavy atom. The first kappa shape index (κ1) is 18.2. The highest BCUT2D eigenvalue weighted by Gasteiger charge is 2.28. The van der Waals surface area contributed by atoms with Crippen molar-refractivity contribution in [3.8, 4) is 22.8 Å². The molecule has 0 bridgehead atoms. The number of nitrogens with one attached hydrogen (secondary N) is 2. The lowest BCUT2D eigenvalue weighted by atomic mass is 10.0. The Kier molecular flexibility index (Phi) is 4.80. The number of hydrogen-bond donors (Lipinski definition) is 2. The maximum Gasteiger partial charge on any atom is 0.264 e. The molecule has 0 aliphatic carbocycles. The van der Waals surface area contributed by atoms with Crippen molar-refractivity contribution >= 4 is 11.6 Å². The summed E-state index contributed by atoms with van der Waals surface area (Å²) in [6.45, 7) is 0.588. The van der Waals surface area contributed by atoms with Crippen molar-refractivity contribution in [2.24, 2.45) is 5.16 Å². The molecule has 8 heteroatoms. The van der Waals surface area contributed by atoms with Gasteiger partial charge in [-0.25, -0.2) is 0 Å². The highest BCUT2D eigenvalue weighted by molar-refractivity contribution is 5.94. The van der Waals surface area contributed by atoms with E-state index < -0.39 is 6.10 Å². The number of carbonyl (C=O) groups is 1. The molecule has 2 aromatic carbocycles. The van der Waals surface area contributed by atoms with Crippen LogP contribution in [0.15, 0.2) is 59.8 Å². The number of carbonyl (C=O) groups excluding carboxylic acids is 1. The van der Waals surface area contributed by atoms with Crippen LogP contribution in [0.2, 0.25) is 0 Å². The first-order valence-corrected chi connectivity index (χ1v) is 9.72. The van der Waals surface area contributed by atoms with Gasteiger partial charge in [0.1, 0.15) is 0 Å². The normalized spacial score (nSPS) is 16.8. The third-order valence-corrected chi connectivity index (χ3v) is 5.02. The third-order valence-electron chi connectivity index (χ3n) is 5.02. The first-order chi connectivity index (χ1) is 14.7. The number of aromatic nitrogens is 2. The van der Waals surface area contributed by atoms with Gasteiger partial charge in [-0.3, -0.25) is 9.89 Å². The Balaban J connectivity index is 1.13. The molecular weight excluding hydrogens is 384 g/mol. The summed E-state index contributed by atoms with van der Waals surface area (Å²) in [4.78, 5) is 17.8. The molecule has 0 saturated carbocycles. The number of amides is 1. The van der Waals surface area contributed by atoms with Crippen molar-refractivity contribution < 1.29 is 19.1 Å². The lowest BCUT2D eigenvalue weighted by Gasteiger charge is -2.08. The van der Waals surface area contributed by atoms with E-state index in [2.05, 4.69) is 20.7 Å². The predicted molar refractivity (Wildman–Crippen MR) is 109 cm³/mol. The second-order valence-electron chi connectivity index (χ2n) is 7.18. The van der Waals surface area contributed by atoms with Crippen molar-refractivity contribution in [2.75, 3.05) is 6.79 Å². The van der Waals surface area contributed by atoms with Gasteiger partial charge in [-0.1, -0.05) is 41.6 Å². The molecule has 0 spiro atoms. The van der Waals surface area contributed by atoms with Crippen LogP contribution in [-0.2, 0) is 22.6 Å². The Hall–Kier alpha value is -3.81. The van der Waals surface area contributed by atoms with Gasteiger partial charge in [-0.05, 0) is 23.8 Å². The van der Waals surface area contributed by atoms with Gasteiger partial charge in [0, 0.05) is 18.4 Å². The Labute approximate surface area is 172 Å². The molecule has 0 saturated heterocycles. The van der Waals surface area contributed by atoms with Crippen LogP contribution < -0.4 is 14.8 Å². The summed E-state index contributed by atoms with van der Waals surface area (Å²) in [6, 6.07) is 17.6. The molecule has 5 rings (SSSR count). The number of oxime groups is 1. The van der Waals surface area contributed by atoms with Gasteiger partial charge in [0.15, 0.2) is 11.5 Å². The molecule has 30 heavy (non-hydrogen) atoms. The molecule has 0 radical (unpaired) electrons. The molecule has 0 fully saturated rings. The standard InChI is InChI=1S/C22H20N4O4/c27-22(23-12-17-10-18(25-24-17)15-4-2-1-3-5-15)21-11-16(26-30-21)8-14-6-7-19-20(9-14)29-13-28-19/h1-7,9-10,21H,8,11-13H2,(H,23,27)(H,24,25)/t21-/m1/s1. The zero-order valence-electron chi connectivity index (χ0n) is 16.1. The van der Waals surface area contributed by atoms with Crippen LogP contribution in [0.5, 0.6) is 11.5 Å². The highest BCUT2D eigenvalue weighted by Crippen LogP contribution is 2.33. The third kappa shape index (κ3) is 3.84. The van der Waals surface area contributed by atoms with Gasteiger partial charge in [-0.15, -0.1) is 0 Å². The lowest BCUT2D eigenvalue weighted by Crippen LogP contribution is -2.34. The molecule has 1 atom stereocenters. The van der Waals surface area contributed by atoms with Crippen LogP contribution >= 0.6 is 0 Å². The summed E-state index contributed by atoms with van der Waals surface area (Å²) in [5.74, 6) is 1.28. The molecular formula is C22H20N4O4. The average Bonchev–Trinajstić information content (AvgIpc) is 3.53. The van der Waals surface area contributed by atoms with Crippen molar-refractivity contribution in [1.82, 2.24) is 15.5 Å². The van der Waals surface area contributed by atoms with E-state index in [0.29, 0.717) is 19.4 Å². The van der Waals surface area contributed by atoms with Gasteiger partial charge >= 0.3 is 0 Å². The fourth-order valence-electron chi connectivity index (χ4n) is 3.46. The average molecular weight is 404 g/mol. The monoisotopic (exact) mass is 404 g/mol. The van der Waals surface area contributed by atoms with E-state index in [0.717, 1.165) is 39.7 Å². The fourth-order valence-corrected chi connectivity index (χ4v) is 3.46. The maximum absolute atomic E-state index is 12.5. The summed E-state index contributed by atoms with van der Waals surface area (Å²) in [7, 11) is 0. The van der Waals surface area contributed by atoms with E-state index >= 15 is 0 Å².